The maximum absolute atomic E-state index is 13.2. The van der Waals surface area contributed by atoms with E-state index in [1.54, 1.807) is 59.4 Å². The molecule has 0 bridgehead atoms. The van der Waals surface area contributed by atoms with Gasteiger partial charge in [-0.25, -0.2) is 40.1 Å². The molecule has 0 spiro atoms. The van der Waals surface area contributed by atoms with Crippen molar-refractivity contribution in [3.63, 3.8) is 0 Å². The van der Waals surface area contributed by atoms with E-state index < -0.39 is 50.1 Å². The Morgan fingerprint density at radius 1 is 0.708 bits per heavy atom. The lowest BCUT2D eigenvalue weighted by Gasteiger charge is -2.18. The summed E-state index contributed by atoms with van der Waals surface area (Å²) in [5, 5.41) is 21.4. The van der Waals surface area contributed by atoms with Crippen LogP contribution in [-0.4, -0.2) is 114 Å². The Morgan fingerprint density at radius 3 is 1.58 bits per heavy atom. The lowest BCUT2D eigenvalue weighted by atomic mass is 10.1. The molecule has 2 amide bonds. The van der Waals surface area contributed by atoms with Crippen molar-refractivity contribution in [2.75, 3.05) is 24.2 Å². The Hall–Kier alpha value is -7.78. The number of amides is 2. The van der Waals surface area contributed by atoms with Crippen molar-refractivity contribution < 1.29 is 53.5 Å². The summed E-state index contributed by atoms with van der Waals surface area (Å²) < 4.78 is 121. The Kier molecular flexibility index (Phi) is 15.4. The van der Waals surface area contributed by atoms with E-state index in [-0.39, 0.29) is 78.8 Å². The third kappa shape index (κ3) is 11.1. The molecule has 0 aliphatic carbocycles. The van der Waals surface area contributed by atoms with Crippen LogP contribution in [0.5, 0.6) is 11.5 Å². The molecule has 6 heterocycles. The Balaban J connectivity index is 0.000000211. The van der Waals surface area contributed by atoms with Crippen LogP contribution in [-0.2, 0) is 34.0 Å². The predicted octanol–water partition coefficient (Wildman–Crippen LogP) is 6.82. The summed E-state index contributed by atoms with van der Waals surface area (Å²) in [6, 6.07) is 10.5. The highest BCUT2D eigenvalue weighted by molar-refractivity contribution is 7.92. The standard InChI is InChI=1S/C23H24F2N6O4S.C22H23F2N7O4S/c1-13(2)14(3)36(33,34)15-6-7-19(35-23(24)25)16(10-15)20-18(12-30(4)29-20)28-22(32)17-11-27-31-9-5-8-26-21(17)31;1-4-9-30(3)36(33,34)14-6-7-18(35-22(23)24)15(11-14)19-17(13-29(2)28-19)27-21(32)16-12-26-31-10-5-8-25-20(16)31/h5-14,23H,1-4H3,(H,28,32);5-8,10-13,22H,4,9H2,1-3H3,(H,27,32). The van der Waals surface area contributed by atoms with Crippen LogP contribution in [0.25, 0.3) is 33.8 Å². The molecule has 1 atom stereocenters. The van der Waals surface area contributed by atoms with Gasteiger partial charge in [0.1, 0.15) is 34.0 Å². The van der Waals surface area contributed by atoms with Crippen LogP contribution < -0.4 is 20.1 Å². The number of aryl methyl sites for hydroxylation is 2. The van der Waals surface area contributed by atoms with Crippen LogP contribution in [0, 0.1) is 5.92 Å². The van der Waals surface area contributed by atoms with Gasteiger partial charge in [0.2, 0.25) is 10.0 Å². The third-order valence-electron chi connectivity index (χ3n) is 11.0. The highest BCUT2D eigenvalue weighted by atomic mass is 32.2. The molecule has 21 nitrogen and oxygen atoms in total. The van der Waals surface area contributed by atoms with Crippen LogP contribution in [0.2, 0.25) is 0 Å². The summed E-state index contributed by atoms with van der Waals surface area (Å²) in [5.74, 6) is -1.89. The first kappa shape index (κ1) is 52.1. The second kappa shape index (κ2) is 21.3. The molecule has 0 saturated heterocycles. The fourth-order valence-electron chi connectivity index (χ4n) is 7.22. The number of ether oxygens (including phenoxy) is 2. The predicted molar refractivity (Wildman–Crippen MR) is 254 cm³/mol. The maximum atomic E-state index is 13.2. The van der Waals surface area contributed by atoms with E-state index in [1.165, 1.54) is 91.2 Å². The minimum atomic E-state index is -3.92. The summed E-state index contributed by atoms with van der Waals surface area (Å²) in [6.45, 7) is 0.913. The molecular formula is C45H47F4N13O8S2. The summed E-state index contributed by atoms with van der Waals surface area (Å²) in [5.41, 5.74) is 1.34. The highest BCUT2D eigenvalue weighted by Crippen LogP contribution is 2.39. The van der Waals surface area contributed by atoms with Crippen molar-refractivity contribution in [3.8, 4) is 34.0 Å². The van der Waals surface area contributed by atoms with Crippen molar-refractivity contribution in [1.82, 2.24) is 53.1 Å². The van der Waals surface area contributed by atoms with Crippen molar-refractivity contribution in [2.45, 2.75) is 62.4 Å². The number of benzene rings is 2. The fraction of sp³-hybridized carbons (Fsp3) is 0.289. The first-order chi connectivity index (χ1) is 34.1. The normalized spacial score (nSPS) is 12.4. The maximum Gasteiger partial charge on any atom is 0.387 e. The van der Waals surface area contributed by atoms with Gasteiger partial charge in [-0.1, -0.05) is 20.8 Å². The highest BCUT2D eigenvalue weighted by Gasteiger charge is 2.30. The second-order valence-corrected chi connectivity index (χ2v) is 20.7. The quantitative estimate of drug-likeness (QED) is 0.0890. The molecule has 0 fully saturated rings. The van der Waals surface area contributed by atoms with Gasteiger partial charge in [0.15, 0.2) is 21.1 Å². The molecule has 8 aromatic rings. The molecule has 0 radical (unpaired) electrons. The Labute approximate surface area is 409 Å². The molecule has 0 aliphatic rings. The number of halogens is 4. The van der Waals surface area contributed by atoms with Crippen molar-refractivity contribution >= 4 is 54.3 Å². The average molecular weight is 1040 g/mol. The molecular weight excluding hydrogens is 991 g/mol. The number of nitrogens with one attached hydrogen (secondary N) is 2. The number of fused-ring (bicyclic) bond motifs is 2. The zero-order valence-corrected chi connectivity index (χ0v) is 41.1. The minimum absolute atomic E-state index is 0.0128. The van der Waals surface area contributed by atoms with Crippen molar-refractivity contribution in [3.05, 3.63) is 109 Å². The summed E-state index contributed by atoms with van der Waals surface area (Å²) in [6.07, 6.45) is 12.5. The molecule has 0 saturated carbocycles. The lowest BCUT2D eigenvalue weighted by Crippen LogP contribution is -2.27. The molecule has 0 aliphatic heterocycles. The molecule has 8 rings (SSSR count). The van der Waals surface area contributed by atoms with Crippen LogP contribution in [0.15, 0.2) is 108 Å². The number of sulfone groups is 1. The van der Waals surface area contributed by atoms with E-state index in [0.29, 0.717) is 17.7 Å². The molecule has 1 unspecified atom stereocenters. The van der Waals surface area contributed by atoms with Gasteiger partial charge in [-0.3, -0.25) is 19.0 Å². The second-order valence-electron chi connectivity index (χ2n) is 16.3. The first-order valence-corrected chi connectivity index (χ1v) is 24.7. The van der Waals surface area contributed by atoms with Crippen LogP contribution in [0.3, 0.4) is 0 Å². The number of carbonyl (C=O) groups is 2. The monoisotopic (exact) mass is 1040 g/mol. The van der Waals surface area contributed by atoms with Crippen molar-refractivity contribution in [1.29, 1.82) is 0 Å². The van der Waals surface area contributed by atoms with Gasteiger partial charge in [0.05, 0.1) is 38.8 Å². The molecule has 2 aromatic carbocycles. The average Bonchev–Trinajstić information content (AvgIpc) is 4.13. The Morgan fingerprint density at radius 2 is 1.15 bits per heavy atom. The number of aromatic nitrogens is 10. The molecule has 27 heteroatoms. The van der Waals surface area contributed by atoms with Gasteiger partial charge in [-0.05, 0) is 67.8 Å². The Bertz CT molecular complexity index is 3510. The summed E-state index contributed by atoms with van der Waals surface area (Å²) in [7, 11) is -3.13. The number of rotatable bonds is 17. The molecule has 72 heavy (non-hydrogen) atoms. The van der Waals surface area contributed by atoms with Gasteiger partial charge in [0.25, 0.3) is 11.8 Å². The number of anilines is 2. The zero-order chi connectivity index (χ0) is 52.2. The fourth-order valence-corrected chi connectivity index (χ4v) is 10.2. The lowest BCUT2D eigenvalue weighted by molar-refractivity contribution is -0.0501. The zero-order valence-electron chi connectivity index (χ0n) is 39.5. The van der Waals surface area contributed by atoms with Crippen LogP contribution >= 0.6 is 0 Å². The molecule has 2 N–H and O–H groups in total. The largest absolute Gasteiger partial charge is 0.434 e. The van der Waals surface area contributed by atoms with E-state index in [9.17, 15) is 44.0 Å². The molecule has 380 valence electrons. The smallest absolute Gasteiger partial charge is 0.387 e. The SMILES string of the molecule is CC(C)C(C)S(=O)(=O)c1ccc(OC(F)F)c(-c2nn(C)cc2NC(=O)c2cnn3cccnc23)c1.CCCN(C)S(=O)(=O)c1ccc(OC(F)F)c(-c2nn(C)cc2NC(=O)c2cnn3cccnc23)c1. The van der Waals surface area contributed by atoms with E-state index >= 15 is 0 Å². The van der Waals surface area contributed by atoms with Gasteiger partial charge >= 0.3 is 13.2 Å². The number of nitrogens with zero attached hydrogens (tertiary/aromatic N) is 11. The van der Waals surface area contributed by atoms with Gasteiger partial charge < -0.3 is 20.1 Å². The van der Waals surface area contributed by atoms with Crippen LogP contribution in [0.4, 0.5) is 28.9 Å². The summed E-state index contributed by atoms with van der Waals surface area (Å²) >= 11 is 0. The van der Waals surface area contributed by atoms with E-state index in [0.717, 1.165) is 12.1 Å². The topological polar surface area (TPSA) is 244 Å². The van der Waals surface area contributed by atoms with Gasteiger partial charge in [-0.2, -0.15) is 38.0 Å². The van der Waals surface area contributed by atoms with Gasteiger partial charge in [-0.15, -0.1) is 0 Å². The molecule has 6 aromatic heterocycles. The van der Waals surface area contributed by atoms with Crippen LogP contribution in [0.1, 0.15) is 54.8 Å². The third-order valence-corrected chi connectivity index (χ3v) is 15.3. The number of hydrogen-bond donors (Lipinski definition) is 2. The summed E-state index contributed by atoms with van der Waals surface area (Å²) in [4.78, 5) is 34.2. The number of alkyl halides is 4. The minimum Gasteiger partial charge on any atom is -0.434 e. The van der Waals surface area contributed by atoms with E-state index in [4.69, 9.17) is 0 Å². The van der Waals surface area contributed by atoms with E-state index in [2.05, 4.69) is 50.5 Å². The number of carbonyl (C=O) groups excluding carboxylic acids is 2. The number of hydrogen-bond acceptors (Lipinski definition) is 14. The first-order valence-electron chi connectivity index (χ1n) is 21.8. The van der Waals surface area contributed by atoms with E-state index in [1.807, 2.05) is 6.92 Å². The van der Waals surface area contributed by atoms with Crippen molar-refractivity contribution in [2.24, 2.45) is 20.0 Å². The van der Waals surface area contributed by atoms with Gasteiger partial charge in [0, 0.05) is 76.0 Å². The number of sulfonamides is 1.